The zero-order valence-electron chi connectivity index (χ0n) is 9.45. The van der Waals surface area contributed by atoms with E-state index in [1.165, 1.54) is 0 Å². The summed E-state index contributed by atoms with van der Waals surface area (Å²) in [6.45, 7) is 3.83. The van der Waals surface area contributed by atoms with Gasteiger partial charge in [0, 0.05) is 18.0 Å². The van der Waals surface area contributed by atoms with E-state index < -0.39 is 0 Å². The van der Waals surface area contributed by atoms with E-state index in [1.807, 2.05) is 38.1 Å². The second-order valence-electron chi connectivity index (χ2n) is 3.73. The van der Waals surface area contributed by atoms with Gasteiger partial charge in [0.2, 0.25) is 5.91 Å². The molecular weight excluding hydrogens is 200 g/mol. The predicted molar refractivity (Wildman–Crippen MR) is 65.4 cm³/mol. The number of amides is 1. The van der Waals surface area contributed by atoms with Crippen LogP contribution in [0.3, 0.4) is 0 Å². The summed E-state index contributed by atoms with van der Waals surface area (Å²) in [7, 11) is 0. The van der Waals surface area contributed by atoms with Gasteiger partial charge in [0.05, 0.1) is 11.2 Å². The molecule has 0 bridgehead atoms. The van der Waals surface area contributed by atoms with Crippen LogP contribution in [0, 0.1) is 6.92 Å². The van der Waals surface area contributed by atoms with Crippen LogP contribution in [0.1, 0.15) is 18.9 Å². The van der Waals surface area contributed by atoms with Crippen LogP contribution in [0.2, 0.25) is 0 Å². The predicted octanol–water partition coefficient (Wildman–Crippen LogP) is 2.89. The summed E-state index contributed by atoms with van der Waals surface area (Å²) in [6.07, 6.45) is 2.24. The first-order valence-electron chi connectivity index (χ1n) is 5.36. The average Bonchev–Trinajstić information content (AvgIpc) is 2.32. The number of fused-ring (bicyclic) bond motifs is 1. The van der Waals surface area contributed by atoms with E-state index in [-0.39, 0.29) is 5.91 Å². The molecule has 0 fully saturated rings. The molecule has 1 N–H and O–H groups in total. The monoisotopic (exact) mass is 214 g/mol. The molecule has 2 rings (SSSR count). The lowest BCUT2D eigenvalue weighted by molar-refractivity contribution is -0.115. The van der Waals surface area contributed by atoms with Gasteiger partial charge in [-0.25, -0.2) is 0 Å². The number of anilines is 1. The number of aryl methyl sites for hydroxylation is 1. The normalized spacial score (nSPS) is 10.4. The van der Waals surface area contributed by atoms with Crippen molar-refractivity contribution in [1.82, 2.24) is 4.98 Å². The molecular formula is C13H14N2O. The molecule has 16 heavy (non-hydrogen) atoms. The number of carbonyl (C=O) groups is 1. The minimum atomic E-state index is 0.0273. The molecule has 1 aromatic heterocycles. The highest BCUT2D eigenvalue weighted by Gasteiger charge is 2.07. The smallest absolute Gasteiger partial charge is 0.224 e. The fourth-order valence-corrected chi connectivity index (χ4v) is 1.66. The summed E-state index contributed by atoms with van der Waals surface area (Å²) in [5, 5.41) is 3.91. The minimum Gasteiger partial charge on any atom is -0.325 e. The van der Waals surface area contributed by atoms with E-state index in [4.69, 9.17) is 0 Å². The van der Waals surface area contributed by atoms with Crippen molar-refractivity contribution in [1.29, 1.82) is 0 Å². The number of hydrogen-bond acceptors (Lipinski definition) is 2. The Labute approximate surface area is 94.5 Å². The third-order valence-electron chi connectivity index (χ3n) is 2.58. The summed E-state index contributed by atoms with van der Waals surface area (Å²) in [6, 6.07) is 7.79. The lowest BCUT2D eigenvalue weighted by Gasteiger charge is -2.10. The van der Waals surface area contributed by atoms with Crippen molar-refractivity contribution in [3.8, 4) is 0 Å². The van der Waals surface area contributed by atoms with Gasteiger partial charge in [0.15, 0.2) is 0 Å². The van der Waals surface area contributed by atoms with Gasteiger partial charge >= 0.3 is 0 Å². The first-order valence-corrected chi connectivity index (χ1v) is 5.36. The maximum absolute atomic E-state index is 11.4. The van der Waals surface area contributed by atoms with Crippen molar-refractivity contribution in [2.75, 3.05) is 5.32 Å². The van der Waals surface area contributed by atoms with Crippen molar-refractivity contribution >= 4 is 22.5 Å². The number of aromatic nitrogens is 1. The van der Waals surface area contributed by atoms with E-state index in [0.717, 1.165) is 22.2 Å². The van der Waals surface area contributed by atoms with Crippen LogP contribution >= 0.6 is 0 Å². The minimum absolute atomic E-state index is 0.0273. The van der Waals surface area contributed by atoms with Gasteiger partial charge in [-0.05, 0) is 30.7 Å². The van der Waals surface area contributed by atoms with Gasteiger partial charge in [0.25, 0.3) is 0 Å². The van der Waals surface area contributed by atoms with Gasteiger partial charge in [0.1, 0.15) is 0 Å². The van der Waals surface area contributed by atoms with Gasteiger partial charge in [-0.2, -0.15) is 0 Å². The Morgan fingerprint density at radius 3 is 2.94 bits per heavy atom. The van der Waals surface area contributed by atoms with Crippen LogP contribution in [-0.4, -0.2) is 10.9 Å². The SMILES string of the molecule is CCC(=O)Nc1c(C)ccc2ncccc12. The van der Waals surface area contributed by atoms with Crippen molar-refractivity contribution in [3.63, 3.8) is 0 Å². The third-order valence-corrected chi connectivity index (χ3v) is 2.58. The van der Waals surface area contributed by atoms with Crippen LogP contribution in [0.25, 0.3) is 10.9 Å². The fourth-order valence-electron chi connectivity index (χ4n) is 1.66. The fraction of sp³-hybridized carbons (Fsp3) is 0.231. The highest BCUT2D eigenvalue weighted by Crippen LogP contribution is 2.25. The maximum Gasteiger partial charge on any atom is 0.224 e. The Morgan fingerprint density at radius 1 is 1.38 bits per heavy atom. The van der Waals surface area contributed by atoms with Gasteiger partial charge in [-0.1, -0.05) is 13.0 Å². The lowest BCUT2D eigenvalue weighted by Crippen LogP contribution is -2.11. The van der Waals surface area contributed by atoms with E-state index >= 15 is 0 Å². The molecule has 0 aliphatic rings. The Morgan fingerprint density at radius 2 is 2.19 bits per heavy atom. The molecule has 0 atom stereocenters. The van der Waals surface area contributed by atoms with E-state index in [2.05, 4.69) is 10.3 Å². The molecule has 0 aliphatic heterocycles. The Hall–Kier alpha value is -1.90. The van der Waals surface area contributed by atoms with Gasteiger partial charge in [-0.3, -0.25) is 9.78 Å². The molecule has 0 spiro atoms. The number of nitrogens with one attached hydrogen (secondary N) is 1. The summed E-state index contributed by atoms with van der Waals surface area (Å²) >= 11 is 0. The molecule has 1 aromatic carbocycles. The zero-order chi connectivity index (χ0) is 11.5. The molecule has 2 aromatic rings. The first-order chi connectivity index (χ1) is 7.72. The van der Waals surface area contributed by atoms with Crippen LogP contribution in [0.5, 0.6) is 0 Å². The summed E-state index contributed by atoms with van der Waals surface area (Å²) < 4.78 is 0. The highest BCUT2D eigenvalue weighted by atomic mass is 16.1. The van der Waals surface area contributed by atoms with Crippen molar-refractivity contribution < 1.29 is 4.79 Å². The highest BCUT2D eigenvalue weighted by molar-refractivity contribution is 6.02. The first kappa shape index (κ1) is 10.6. The van der Waals surface area contributed by atoms with Crippen molar-refractivity contribution in [2.45, 2.75) is 20.3 Å². The van der Waals surface area contributed by atoms with Gasteiger partial charge < -0.3 is 5.32 Å². The summed E-state index contributed by atoms with van der Waals surface area (Å²) in [4.78, 5) is 15.7. The molecule has 3 heteroatoms. The number of hydrogen-bond donors (Lipinski definition) is 1. The van der Waals surface area contributed by atoms with Crippen LogP contribution in [0.15, 0.2) is 30.5 Å². The lowest BCUT2D eigenvalue weighted by atomic mass is 10.1. The van der Waals surface area contributed by atoms with E-state index in [0.29, 0.717) is 6.42 Å². The standard InChI is InChI=1S/C13H14N2O/c1-3-12(16)15-13-9(2)6-7-11-10(13)5-4-8-14-11/h4-8H,3H2,1-2H3,(H,15,16). The summed E-state index contributed by atoms with van der Waals surface area (Å²) in [5.41, 5.74) is 2.83. The molecule has 0 unspecified atom stereocenters. The zero-order valence-corrected chi connectivity index (χ0v) is 9.45. The quantitative estimate of drug-likeness (QED) is 0.835. The Kier molecular flexibility index (Phi) is 2.86. The molecule has 0 aliphatic carbocycles. The Balaban J connectivity index is 2.57. The molecule has 0 radical (unpaired) electrons. The molecule has 0 saturated carbocycles. The second kappa shape index (κ2) is 4.31. The number of pyridine rings is 1. The summed E-state index contributed by atoms with van der Waals surface area (Å²) in [5.74, 6) is 0.0273. The topological polar surface area (TPSA) is 42.0 Å². The van der Waals surface area contributed by atoms with Crippen LogP contribution in [-0.2, 0) is 4.79 Å². The van der Waals surface area contributed by atoms with Crippen molar-refractivity contribution in [2.24, 2.45) is 0 Å². The molecule has 1 heterocycles. The number of carbonyl (C=O) groups excluding carboxylic acids is 1. The molecule has 0 saturated heterocycles. The molecule has 3 nitrogen and oxygen atoms in total. The van der Waals surface area contributed by atoms with Crippen LogP contribution < -0.4 is 5.32 Å². The van der Waals surface area contributed by atoms with Crippen LogP contribution in [0.4, 0.5) is 5.69 Å². The van der Waals surface area contributed by atoms with E-state index in [9.17, 15) is 4.79 Å². The number of nitrogens with zero attached hydrogens (tertiary/aromatic N) is 1. The second-order valence-corrected chi connectivity index (χ2v) is 3.73. The van der Waals surface area contributed by atoms with Crippen molar-refractivity contribution in [3.05, 3.63) is 36.0 Å². The maximum atomic E-state index is 11.4. The molecule has 82 valence electrons. The average molecular weight is 214 g/mol. The number of rotatable bonds is 2. The van der Waals surface area contributed by atoms with E-state index in [1.54, 1.807) is 6.20 Å². The molecule has 1 amide bonds. The largest absolute Gasteiger partial charge is 0.325 e. The number of benzene rings is 1. The van der Waals surface area contributed by atoms with Gasteiger partial charge in [-0.15, -0.1) is 0 Å². The third kappa shape index (κ3) is 1.89. The Bertz CT molecular complexity index is 534.